The first-order valence-electron chi connectivity index (χ1n) is 9.40. The Hall–Kier alpha value is -2.87. The number of carbonyl (C=O) groups excluding carboxylic acids is 2. The second-order valence-electron chi connectivity index (χ2n) is 7.16. The van der Waals surface area contributed by atoms with E-state index in [1.165, 1.54) is 25.3 Å². The largest absolute Gasteiger partial charge is 0.495 e. The molecule has 0 spiro atoms. The number of hydrogen-bond acceptors (Lipinski definition) is 5. The molecule has 2 aromatic rings. The van der Waals surface area contributed by atoms with Crippen LogP contribution in [0.3, 0.4) is 0 Å². The summed E-state index contributed by atoms with van der Waals surface area (Å²) < 4.78 is 34.2. The molecule has 0 bridgehead atoms. The Morgan fingerprint density at radius 3 is 2.31 bits per heavy atom. The highest BCUT2D eigenvalue weighted by Gasteiger charge is 2.30. The van der Waals surface area contributed by atoms with E-state index in [4.69, 9.17) is 4.74 Å². The van der Waals surface area contributed by atoms with Crippen molar-refractivity contribution in [3.63, 3.8) is 0 Å². The maximum atomic E-state index is 13.2. The molecule has 1 fully saturated rings. The van der Waals surface area contributed by atoms with Gasteiger partial charge in [0.2, 0.25) is 11.8 Å². The molecule has 1 N–H and O–H groups in total. The van der Waals surface area contributed by atoms with Gasteiger partial charge >= 0.3 is 0 Å². The summed E-state index contributed by atoms with van der Waals surface area (Å²) in [7, 11) is -2.66. The quantitative estimate of drug-likeness (QED) is 0.726. The van der Waals surface area contributed by atoms with E-state index in [1.54, 1.807) is 12.1 Å². The Balaban J connectivity index is 2.05. The third kappa shape index (κ3) is 4.27. The van der Waals surface area contributed by atoms with Gasteiger partial charge in [-0.1, -0.05) is 32.0 Å². The number of nitrogens with zero attached hydrogens (tertiary/aromatic N) is 1. The minimum absolute atomic E-state index is 0.116. The van der Waals surface area contributed by atoms with E-state index >= 15 is 0 Å². The van der Waals surface area contributed by atoms with Crippen molar-refractivity contribution in [1.82, 2.24) is 0 Å². The maximum Gasteiger partial charge on any atom is 0.265 e. The molecule has 1 aliphatic heterocycles. The molecule has 0 atom stereocenters. The van der Waals surface area contributed by atoms with Crippen LogP contribution in [0.15, 0.2) is 47.4 Å². The number of imide groups is 1. The van der Waals surface area contributed by atoms with Crippen molar-refractivity contribution in [3.05, 3.63) is 48.0 Å². The molecule has 29 heavy (non-hydrogen) atoms. The monoisotopic (exact) mass is 416 g/mol. The van der Waals surface area contributed by atoms with Crippen molar-refractivity contribution in [2.45, 2.75) is 43.9 Å². The van der Waals surface area contributed by atoms with E-state index < -0.39 is 10.0 Å². The number of ether oxygens (including phenoxy) is 1. The van der Waals surface area contributed by atoms with Gasteiger partial charge in [0.1, 0.15) is 10.6 Å². The molecule has 0 aliphatic carbocycles. The number of sulfonamides is 1. The van der Waals surface area contributed by atoms with Crippen molar-refractivity contribution in [1.29, 1.82) is 0 Å². The topological polar surface area (TPSA) is 92.8 Å². The van der Waals surface area contributed by atoms with Crippen LogP contribution in [-0.2, 0) is 19.6 Å². The van der Waals surface area contributed by atoms with Crippen molar-refractivity contribution < 1.29 is 22.7 Å². The number of para-hydroxylation sites is 1. The number of hydrogen-bond donors (Lipinski definition) is 1. The Bertz CT molecular complexity index is 1030. The second kappa shape index (κ2) is 8.24. The van der Waals surface area contributed by atoms with Crippen molar-refractivity contribution in [2.75, 3.05) is 16.7 Å². The van der Waals surface area contributed by atoms with E-state index in [2.05, 4.69) is 4.72 Å². The number of piperidine rings is 1. The molecular formula is C21H24N2O5S. The minimum atomic E-state index is -4.03. The van der Waals surface area contributed by atoms with Gasteiger partial charge in [-0.3, -0.25) is 19.2 Å². The summed E-state index contributed by atoms with van der Waals surface area (Å²) in [4.78, 5) is 25.4. The molecule has 1 saturated heterocycles. The Kier molecular flexibility index (Phi) is 5.93. The molecule has 0 unspecified atom stereocenters. The first kappa shape index (κ1) is 20.9. The van der Waals surface area contributed by atoms with E-state index in [0.717, 1.165) is 10.5 Å². The molecule has 2 aromatic carbocycles. The predicted octanol–water partition coefficient (Wildman–Crippen LogP) is 3.66. The van der Waals surface area contributed by atoms with Gasteiger partial charge in [0, 0.05) is 12.8 Å². The highest BCUT2D eigenvalue weighted by Crippen LogP contribution is 2.33. The summed E-state index contributed by atoms with van der Waals surface area (Å²) in [6.45, 7) is 3.95. The van der Waals surface area contributed by atoms with Gasteiger partial charge in [-0.05, 0) is 42.2 Å². The van der Waals surface area contributed by atoms with Gasteiger partial charge in [-0.15, -0.1) is 0 Å². The van der Waals surface area contributed by atoms with Crippen LogP contribution >= 0.6 is 0 Å². The van der Waals surface area contributed by atoms with Crippen LogP contribution in [0.2, 0.25) is 0 Å². The number of benzene rings is 2. The summed E-state index contributed by atoms with van der Waals surface area (Å²) in [5.41, 5.74) is 1.55. The lowest BCUT2D eigenvalue weighted by Crippen LogP contribution is -2.40. The van der Waals surface area contributed by atoms with Crippen LogP contribution in [-0.4, -0.2) is 27.3 Å². The van der Waals surface area contributed by atoms with E-state index in [-0.39, 0.29) is 46.9 Å². The van der Waals surface area contributed by atoms with Crippen molar-refractivity contribution >= 4 is 33.2 Å². The van der Waals surface area contributed by atoms with Crippen LogP contribution in [0.25, 0.3) is 0 Å². The molecule has 0 aromatic heterocycles. The van der Waals surface area contributed by atoms with Crippen molar-refractivity contribution in [3.8, 4) is 5.75 Å². The Morgan fingerprint density at radius 1 is 1.03 bits per heavy atom. The molecule has 8 heteroatoms. The van der Waals surface area contributed by atoms with Crippen LogP contribution < -0.4 is 14.4 Å². The summed E-state index contributed by atoms with van der Waals surface area (Å²) in [5, 5.41) is 0. The van der Waals surface area contributed by atoms with E-state index in [1.807, 2.05) is 26.0 Å². The molecule has 2 amide bonds. The van der Waals surface area contributed by atoms with Crippen LogP contribution in [0.4, 0.5) is 11.4 Å². The number of carbonyl (C=O) groups is 2. The molecular weight excluding hydrogens is 392 g/mol. The Morgan fingerprint density at radius 2 is 1.69 bits per heavy atom. The Labute approximate surface area is 170 Å². The molecule has 0 saturated carbocycles. The predicted molar refractivity (Wildman–Crippen MR) is 111 cm³/mol. The zero-order valence-electron chi connectivity index (χ0n) is 16.6. The fraction of sp³-hybridized carbons (Fsp3) is 0.333. The summed E-state index contributed by atoms with van der Waals surface area (Å²) in [5.74, 6) is -0.438. The van der Waals surface area contributed by atoms with Gasteiger partial charge in [-0.25, -0.2) is 8.42 Å². The molecule has 1 aliphatic rings. The minimum Gasteiger partial charge on any atom is -0.495 e. The normalized spacial score (nSPS) is 15.0. The van der Waals surface area contributed by atoms with Gasteiger partial charge in [0.25, 0.3) is 10.0 Å². The average molecular weight is 416 g/mol. The van der Waals surface area contributed by atoms with Crippen molar-refractivity contribution in [2.24, 2.45) is 0 Å². The van der Waals surface area contributed by atoms with Gasteiger partial charge in [0.15, 0.2) is 0 Å². The number of nitrogens with one attached hydrogen (secondary N) is 1. The van der Waals surface area contributed by atoms with Crippen LogP contribution in [0, 0.1) is 0 Å². The SMILES string of the molecule is COc1ccc(N2C(=O)CCCC2=O)cc1S(=O)(=O)Nc1ccccc1C(C)C. The molecule has 3 rings (SSSR count). The maximum absolute atomic E-state index is 13.2. The lowest BCUT2D eigenvalue weighted by atomic mass is 10.0. The van der Waals surface area contributed by atoms with E-state index in [9.17, 15) is 18.0 Å². The summed E-state index contributed by atoms with van der Waals surface area (Å²) in [6.07, 6.45) is 1.00. The lowest BCUT2D eigenvalue weighted by molar-refractivity contribution is -0.129. The smallest absolute Gasteiger partial charge is 0.265 e. The zero-order chi connectivity index (χ0) is 21.2. The fourth-order valence-corrected chi connectivity index (χ4v) is 4.63. The molecule has 1 heterocycles. The van der Waals surface area contributed by atoms with Gasteiger partial charge in [-0.2, -0.15) is 0 Å². The second-order valence-corrected chi connectivity index (χ2v) is 8.81. The summed E-state index contributed by atoms with van der Waals surface area (Å²) >= 11 is 0. The number of anilines is 2. The number of amides is 2. The van der Waals surface area contributed by atoms with E-state index in [0.29, 0.717) is 12.1 Å². The first-order chi connectivity index (χ1) is 13.7. The highest BCUT2D eigenvalue weighted by atomic mass is 32.2. The lowest BCUT2D eigenvalue weighted by Gasteiger charge is -2.25. The number of methoxy groups -OCH3 is 1. The third-order valence-electron chi connectivity index (χ3n) is 4.80. The molecule has 0 radical (unpaired) electrons. The molecule has 154 valence electrons. The van der Waals surface area contributed by atoms with Gasteiger partial charge < -0.3 is 4.74 Å². The number of rotatable bonds is 6. The van der Waals surface area contributed by atoms with Crippen LogP contribution in [0.5, 0.6) is 5.75 Å². The standard InChI is InChI=1S/C21H24N2O5S/c1-14(2)16-7-4-5-8-17(16)22-29(26,27)19-13-15(11-12-18(19)28-3)23-20(24)9-6-10-21(23)25/h4-5,7-8,11-14,22H,6,9-10H2,1-3H3. The summed E-state index contributed by atoms with van der Waals surface area (Å²) in [6, 6.07) is 11.4. The molecule has 7 nitrogen and oxygen atoms in total. The van der Waals surface area contributed by atoms with Crippen LogP contribution in [0.1, 0.15) is 44.6 Å². The third-order valence-corrected chi connectivity index (χ3v) is 6.19. The fourth-order valence-electron chi connectivity index (χ4n) is 3.35. The zero-order valence-corrected chi connectivity index (χ0v) is 17.5. The highest BCUT2D eigenvalue weighted by molar-refractivity contribution is 7.92. The average Bonchev–Trinajstić information content (AvgIpc) is 2.67. The van der Waals surface area contributed by atoms with Gasteiger partial charge in [0.05, 0.1) is 18.5 Å². The first-order valence-corrected chi connectivity index (χ1v) is 10.9.